The predicted molar refractivity (Wildman–Crippen MR) is 54.0 cm³/mol. The van der Waals surface area contributed by atoms with Crippen LogP contribution in [0.3, 0.4) is 0 Å². The Morgan fingerprint density at radius 1 is 1.50 bits per heavy atom. The number of amides is 1. The Balaban J connectivity index is 2.86. The quantitative estimate of drug-likeness (QED) is 0.808. The minimum Gasteiger partial charge on any atom is -0.350 e. The molecule has 1 amide bonds. The Hall–Kier alpha value is -1.09. The minimum atomic E-state index is -0.521. The fourth-order valence-corrected chi connectivity index (χ4v) is 1.16. The molecular weight excluding hydrogens is 205 g/mol. The highest BCUT2D eigenvalue weighted by Crippen LogP contribution is 2.15. The first-order valence-electron chi connectivity index (χ1n) is 4.26. The second kappa shape index (κ2) is 4.42. The molecule has 1 aromatic rings. The molecule has 0 aromatic heterocycles. The van der Waals surface area contributed by atoms with Crippen LogP contribution in [-0.2, 0) is 0 Å². The number of nitrogens with one attached hydrogen (secondary N) is 1. The van der Waals surface area contributed by atoms with Crippen molar-refractivity contribution in [2.75, 3.05) is 0 Å². The number of carbonyl (C=O) groups is 1. The van der Waals surface area contributed by atoms with E-state index in [0.717, 1.165) is 0 Å². The van der Waals surface area contributed by atoms with Gasteiger partial charge in [-0.15, -0.1) is 0 Å². The molecule has 0 aliphatic rings. The number of benzene rings is 1. The highest BCUT2D eigenvalue weighted by Gasteiger charge is 2.08. The first-order valence-corrected chi connectivity index (χ1v) is 4.64. The summed E-state index contributed by atoms with van der Waals surface area (Å²) in [6, 6.07) is 3.94. The molecular formula is C10H11ClFNO. The summed E-state index contributed by atoms with van der Waals surface area (Å²) in [5.41, 5.74) is 0.366. The van der Waals surface area contributed by atoms with Crippen molar-refractivity contribution in [3.63, 3.8) is 0 Å². The Labute approximate surface area is 87.1 Å². The van der Waals surface area contributed by atoms with Crippen LogP contribution < -0.4 is 5.32 Å². The monoisotopic (exact) mass is 215 g/mol. The number of carbonyl (C=O) groups excluding carboxylic acids is 1. The molecule has 0 atom stereocenters. The van der Waals surface area contributed by atoms with E-state index in [1.165, 1.54) is 18.2 Å². The van der Waals surface area contributed by atoms with Gasteiger partial charge in [-0.05, 0) is 32.0 Å². The van der Waals surface area contributed by atoms with E-state index in [-0.39, 0.29) is 17.0 Å². The summed E-state index contributed by atoms with van der Waals surface area (Å²) in [5, 5.41) is 2.65. The first kappa shape index (κ1) is 11.0. The van der Waals surface area contributed by atoms with Gasteiger partial charge in [-0.25, -0.2) is 4.39 Å². The number of halogens is 2. The van der Waals surface area contributed by atoms with Crippen LogP contribution in [0.15, 0.2) is 18.2 Å². The van der Waals surface area contributed by atoms with Gasteiger partial charge in [-0.1, -0.05) is 11.6 Å². The van der Waals surface area contributed by atoms with Crippen LogP contribution in [-0.4, -0.2) is 11.9 Å². The molecule has 0 saturated heterocycles. The fourth-order valence-electron chi connectivity index (χ4n) is 0.983. The third kappa shape index (κ3) is 2.70. The maximum absolute atomic E-state index is 12.8. The molecule has 1 aromatic carbocycles. The van der Waals surface area contributed by atoms with E-state index in [4.69, 9.17) is 11.6 Å². The summed E-state index contributed by atoms with van der Waals surface area (Å²) in [4.78, 5) is 11.4. The lowest BCUT2D eigenvalue weighted by atomic mass is 10.2. The van der Waals surface area contributed by atoms with Crippen LogP contribution in [0.4, 0.5) is 4.39 Å². The van der Waals surface area contributed by atoms with Crippen molar-refractivity contribution < 1.29 is 9.18 Å². The van der Waals surface area contributed by atoms with Crippen molar-refractivity contribution in [2.45, 2.75) is 19.9 Å². The Kier molecular flexibility index (Phi) is 3.47. The molecule has 1 N–H and O–H groups in total. The average molecular weight is 216 g/mol. The van der Waals surface area contributed by atoms with E-state index in [1.54, 1.807) is 0 Å². The Bertz CT molecular complexity index is 352. The highest BCUT2D eigenvalue weighted by molar-refractivity contribution is 6.31. The van der Waals surface area contributed by atoms with Gasteiger partial charge < -0.3 is 5.32 Å². The van der Waals surface area contributed by atoms with Gasteiger partial charge in [0.25, 0.3) is 5.91 Å². The summed E-state index contributed by atoms with van der Waals surface area (Å²) in [7, 11) is 0. The zero-order chi connectivity index (χ0) is 10.7. The van der Waals surface area contributed by atoms with Crippen molar-refractivity contribution in [3.8, 4) is 0 Å². The number of hydrogen-bond acceptors (Lipinski definition) is 1. The molecule has 2 nitrogen and oxygen atoms in total. The summed E-state index contributed by atoms with van der Waals surface area (Å²) in [5.74, 6) is -0.769. The topological polar surface area (TPSA) is 29.1 Å². The van der Waals surface area contributed by atoms with Crippen LogP contribution >= 0.6 is 11.6 Å². The van der Waals surface area contributed by atoms with Gasteiger partial charge in [0.15, 0.2) is 0 Å². The molecule has 0 aliphatic heterocycles. The van der Waals surface area contributed by atoms with Crippen molar-refractivity contribution in [3.05, 3.63) is 34.6 Å². The van der Waals surface area contributed by atoms with Crippen LogP contribution in [0.1, 0.15) is 24.2 Å². The molecule has 0 radical (unpaired) electrons. The Morgan fingerprint density at radius 2 is 2.14 bits per heavy atom. The fraction of sp³-hybridized carbons (Fsp3) is 0.300. The van der Waals surface area contributed by atoms with Gasteiger partial charge in [-0.3, -0.25) is 4.79 Å². The lowest BCUT2D eigenvalue weighted by Gasteiger charge is -2.08. The van der Waals surface area contributed by atoms with Crippen LogP contribution in [0.25, 0.3) is 0 Å². The Morgan fingerprint density at radius 3 is 2.64 bits per heavy atom. The molecule has 4 heteroatoms. The molecule has 0 aliphatic carbocycles. The lowest BCUT2D eigenvalue weighted by molar-refractivity contribution is 0.0943. The van der Waals surface area contributed by atoms with E-state index in [0.29, 0.717) is 5.56 Å². The third-order valence-electron chi connectivity index (χ3n) is 1.60. The van der Waals surface area contributed by atoms with Crippen molar-refractivity contribution in [2.24, 2.45) is 0 Å². The number of rotatable bonds is 2. The molecule has 0 heterocycles. The largest absolute Gasteiger partial charge is 0.350 e. The van der Waals surface area contributed by atoms with Crippen LogP contribution in [0.2, 0.25) is 5.02 Å². The maximum Gasteiger partial charge on any atom is 0.251 e. The van der Waals surface area contributed by atoms with Crippen molar-refractivity contribution >= 4 is 17.5 Å². The normalized spacial score (nSPS) is 10.4. The maximum atomic E-state index is 12.8. The van der Waals surface area contributed by atoms with E-state index in [2.05, 4.69) is 5.32 Å². The van der Waals surface area contributed by atoms with Gasteiger partial charge in [0.2, 0.25) is 0 Å². The van der Waals surface area contributed by atoms with Crippen molar-refractivity contribution in [1.82, 2.24) is 5.32 Å². The minimum absolute atomic E-state index is 0.0404. The second-order valence-corrected chi connectivity index (χ2v) is 3.66. The zero-order valence-electron chi connectivity index (χ0n) is 7.97. The molecule has 14 heavy (non-hydrogen) atoms. The van der Waals surface area contributed by atoms with E-state index < -0.39 is 5.82 Å². The van der Waals surface area contributed by atoms with Gasteiger partial charge >= 0.3 is 0 Å². The molecule has 1 rings (SSSR count). The molecule has 0 unspecified atom stereocenters. The van der Waals surface area contributed by atoms with Crippen LogP contribution in [0.5, 0.6) is 0 Å². The standard InChI is InChI=1S/C10H11ClFNO/c1-6(2)13-10(14)7-3-4-9(12)8(11)5-7/h3-6H,1-2H3,(H,13,14). The SMILES string of the molecule is CC(C)NC(=O)c1ccc(F)c(Cl)c1. The zero-order valence-corrected chi connectivity index (χ0v) is 8.73. The lowest BCUT2D eigenvalue weighted by Crippen LogP contribution is -2.30. The number of hydrogen-bond donors (Lipinski definition) is 1. The van der Waals surface area contributed by atoms with Gasteiger partial charge in [0, 0.05) is 11.6 Å². The van der Waals surface area contributed by atoms with Gasteiger partial charge in [0.05, 0.1) is 5.02 Å². The third-order valence-corrected chi connectivity index (χ3v) is 1.89. The smallest absolute Gasteiger partial charge is 0.251 e. The van der Waals surface area contributed by atoms with E-state index in [9.17, 15) is 9.18 Å². The van der Waals surface area contributed by atoms with E-state index in [1.807, 2.05) is 13.8 Å². The first-order chi connectivity index (χ1) is 6.50. The van der Waals surface area contributed by atoms with Crippen molar-refractivity contribution in [1.29, 1.82) is 0 Å². The van der Waals surface area contributed by atoms with Gasteiger partial charge in [-0.2, -0.15) is 0 Å². The predicted octanol–water partition coefficient (Wildman–Crippen LogP) is 2.62. The molecule has 76 valence electrons. The highest BCUT2D eigenvalue weighted by atomic mass is 35.5. The summed E-state index contributed by atoms with van der Waals surface area (Å²) in [6.45, 7) is 3.70. The summed E-state index contributed by atoms with van der Waals surface area (Å²) in [6.07, 6.45) is 0. The molecule has 0 saturated carbocycles. The molecule has 0 bridgehead atoms. The molecule has 0 fully saturated rings. The van der Waals surface area contributed by atoms with Gasteiger partial charge in [0.1, 0.15) is 5.82 Å². The summed E-state index contributed by atoms with van der Waals surface area (Å²) < 4.78 is 12.8. The van der Waals surface area contributed by atoms with E-state index >= 15 is 0 Å². The second-order valence-electron chi connectivity index (χ2n) is 3.26. The molecule has 0 spiro atoms. The average Bonchev–Trinajstić information content (AvgIpc) is 2.08. The summed E-state index contributed by atoms with van der Waals surface area (Å²) >= 11 is 5.54. The van der Waals surface area contributed by atoms with Crippen LogP contribution in [0, 0.1) is 5.82 Å².